The molecule has 0 saturated heterocycles. The number of rotatable bonds is 9. The summed E-state index contributed by atoms with van der Waals surface area (Å²) in [6, 6.07) is 25.5. The van der Waals surface area contributed by atoms with Crippen LogP contribution in [-0.2, 0) is 17.6 Å². The first-order valence-electron chi connectivity index (χ1n) is 9.51. The van der Waals surface area contributed by atoms with Crippen molar-refractivity contribution in [2.24, 2.45) is 0 Å². The van der Waals surface area contributed by atoms with Crippen LogP contribution in [0.5, 0.6) is 5.75 Å². The number of para-hydroxylation sites is 2. The fraction of sp³-hybridized carbons (Fsp3) is 0.208. The van der Waals surface area contributed by atoms with Gasteiger partial charge in [-0.2, -0.15) is 0 Å². The number of carbonyl (C=O) groups is 1. The van der Waals surface area contributed by atoms with Crippen LogP contribution in [0.3, 0.4) is 0 Å². The Hall–Kier alpha value is -2.78. The molecule has 0 heterocycles. The maximum absolute atomic E-state index is 12.4. The monoisotopic (exact) mass is 393 g/mol. The van der Waals surface area contributed by atoms with E-state index in [1.165, 1.54) is 5.56 Å². The molecule has 1 N–H and O–H groups in total. The number of aryl methyl sites for hydroxylation is 2. The third-order valence-electron chi connectivity index (χ3n) is 4.45. The predicted molar refractivity (Wildman–Crippen MR) is 115 cm³/mol. The number of amides is 1. The maximum atomic E-state index is 12.4. The van der Waals surface area contributed by atoms with Crippen LogP contribution < -0.4 is 10.1 Å². The second kappa shape index (κ2) is 10.5. The number of carbonyl (C=O) groups excluding carboxylic acids is 1. The Balaban J connectivity index is 1.49. The molecule has 0 aliphatic carbocycles. The molecule has 0 saturated carbocycles. The highest BCUT2D eigenvalue weighted by Gasteiger charge is 2.09. The second-order valence-corrected chi connectivity index (χ2v) is 6.98. The van der Waals surface area contributed by atoms with E-state index in [1.54, 1.807) is 0 Å². The van der Waals surface area contributed by atoms with E-state index in [-0.39, 0.29) is 5.91 Å². The van der Waals surface area contributed by atoms with Crippen LogP contribution in [-0.4, -0.2) is 12.5 Å². The summed E-state index contributed by atoms with van der Waals surface area (Å²) in [6.07, 6.45) is 2.85. The zero-order chi connectivity index (χ0) is 19.6. The van der Waals surface area contributed by atoms with Crippen LogP contribution in [0.2, 0.25) is 5.02 Å². The minimum absolute atomic E-state index is 0.0553. The highest BCUT2D eigenvalue weighted by Crippen LogP contribution is 2.24. The van der Waals surface area contributed by atoms with Gasteiger partial charge in [0.2, 0.25) is 5.91 Å². The molecule has 144 valence electrons. The number of halogens is 1. The van der Waals surface area contributed by atoms with Gasteiger partial charge < -0.3 is 10.1 Å². The lowest BCUT2D eigenvalue weighted by molar-refractivity contribution is -0.116. The van der Waals surface area contributed by atoms with Crippen molar-refractivity contribution in [1.29, 1.82) is 0 Å². The van der Waals surface area contributed by atoms with Gasteiger partial charge >= 0.3 is 0 Å². The highest BCUT2D eigenvalue weighted by atomic mass is 35.5. The molecule has 3 nitrogen and oxygen atoms in total. The summed E-state index contributed by atoms with van der Waals surface area (Å²) >= 11 is 6.16. The van der Waals surface area contributed by atoms with Crippen LogP contribution in [0, 0.1) is 0 Å². The van der Waals surface area contributed by atoms with Crippen molar-refractivity contribution in [3.05, 3.63) is 95.0 Å². The highest BCUT2D eigenvalue weighted by molar-refractivity contribution is 6.31. The Labute approximate surface area is 171 Å². The molecular weight excluding hydrogens is 370 g/mol. The molecule has 28 heavy (non-hydrogen) atoms. The molecule has 3 aromatic rings. The van der Waals surface area contributed by atoms with Crippen molar-refractivity contribution in [3.8, 4) is 5.75 Å². The molecule has 0 bridgehead atoms. The molecule has 3 rings (SSSR count). The van der Waals surface area contributed by atoms with Gasteiger partial charge in [0.15, 0.2) is 0 Å². The Morgan fingerprint density at radius 1 is 0.857 bits per heavy atom. The van der Waals surface area contributed by atoms with Crippen LogP contribution >= 0.6 is 11.6 Å². The Kier molecular flexibility index (Phi) is 7.51. The van der Waals surface area contributed by atoms with Gasteiger partial charge in [-0.25, -0.2) is 0 Å². The van der Waals surface area contributed by atoms with E-state index in [4.69, 9.17) is 16.3 Å². The SMILES string of the molecule is O=C(CCc1ccccc1Cl)Nc1ccccc1OCCCc1ccccc1. The first-order chi connectivity index (χ1) is 13.7. The molecule has 1 amide bonds. The van der Waals surface area contributed by atoms with Gasteiger partial charge in [0.1, 0.15) is 5.75 Å². The molecule has 0 atom stereocenters. The van der Waals surface area contributed by atoms with Crippen LogP contribution in [0.15, 0.2) is 78.9 Å². The predicted octanol–water partition coefficient (Wildman–Crippen LogP) is 5.92. The summed E-state index contributed by atoms with van der Waals surface area (Å²) in [7, 11) is 0. The van der Waals surface area contributed by atoms with Crippen LogP contribution in [0.4, 0.5) is 5.69 Å². The average Bonchev–Trinajstić information content (AvgIpc) is 2.72. The molecule has 0 spiro atoms. The van der Waals surface area contributed by atoms with Gasteiger partial charge in [0, 0.05) is 11.4 Å². The van der Waals surface area contributed by atoms with Crippen molar-refractivity contribution in [2.75, 3.05) is 11.9 Å². The van der Waals surface area contributed by atoms with Gasteiger partial charge in [0.05, 0.1) is 12.3 Å². The standard InChI is InChI=1S/C24H24ClNO2/c25-21-13-5-4-12-20(21)16-17-24(27)26-22-14-6-7-15-23(22)28-18-8-11-19-9-2-1-3-10-19/h1-7,9-10,12-15H,8,11,16-18H2,(H,26,27). The lowest BCUT2D eigenvalue weighted by atomic mass is 10.1. The molecule has 0 aliphatic rings. The third kappa shape index (κ3) is 6.14. The summed E-state index contributed by atoms with van der Waals surface area (Å²) in [4.78, 5) is 12.4. The third-order valence-corrected chi connectivity index (χ3v) is 4.82. The molecule has 0 radical (unpaired) electrons. The summed E-state index contributed by atoms with van der Waals surface area (Å²) < 4.78 is 5.91. The maximum Gasteiger partial charge on any atom is 0.224 e. The topological polar surface area (TPSA) is 38.3 Å². The molecule has 0 aromatic heterocycles. The van der Waals surface area contributed by atoms with E-state index in [0.29, 0.717) is 35.9 Å². The molecule has 4 heteroatoms. The molecule has 3 aromatic carbocycles. The van der Waals surface area contributed by atoms with E-state index >= 15 is 0 Å². The van der Waals surface area contributed by atoms with Gasteiger partial charge in [-0.05, 0) is 48.6 Å². The Morgan fingerprint density at radius 3 is 2.39 bits per heavy atom. The van der Waals surface area contributed by atoms with E-state index in [0.717, 1.165) is 18.4 Å². The number of anilines is 1. The summed E-state index contributed by atoms with van der Waals surface area (Å²) in [5.74, 6) is 0.641. The van der Waals surface area contributed by atoms with Crippen LogP contribution in [0.25, 0.3) is 0 Å². The minimum atomic E-state index is -0.0553. The van der Waals surface area contributed by atoms with Gasteiger partial charge in [0.25, 0.3) is 0 Å². The number of hydrogen-bond acceptors (Lipinski definition) is 2. The first-order valence-corrected chi connectivity index (χ1v) is 9.89. The summed E-state index contributed by atoms with van der Waals surface area (Å²) in [5, 5.41) is 3.64. The van der Waals surface area contributed by atoms with Gasteiger partial charge in [-0.1, -0.05) is 72.3 Å². The van der Waals surface area contributed by atoms with Crippen molar-refractivity contribution in [2.45, 2.75) is 25.7 Å². The number of benzene rings is 3. The van der Waals surface area contributed by atoms with E-state index in [2.05, 4.69) is 17.4 Å². The normalized spacial score (nSPS) is 10.5. The molecule has 0 unspecified atom stereocenters. The molecule has 0 aliphatic heterocycles. The van der Waals surface area contributed by atoms with Crippen molar-refractivity contribution in [3.63, 3.8) is 0 Å². The van der Waals surface area contributed by atoms with E-state index < -0.39 is 0 Å². The summed E-state index contributed by atoms with van der Waals surface area (Å²) in [6.45, 7) is 0.599. The Bertz CT molecular complexity index is 896. The Morgan fingerprint density at radius 2 is 1.57 bits per heavy atom. The zero-order valence-corrected chi connectivity index (χ0v) is 16.5. The van der Waals surface area contributed by atoms with Gasteiger partial charge in [-0.15, -0.1) is 0 Å². The van der Waals surface area contributed by atoms with Crippen molar-refractivity contribution in [1.82, 2.24) is 0 Å². The van der Waals surface area contributed by atoms with Gasteiger partial charge in [-0.3, -0.25) is 4.79 Å². The summed E-state index contributed by atoms with van der Waals surface area (Å²) in [5.41, 5.74) is 2.98. The number of hydrogen-bond donors (Lipinski definition) is 1. The average molecular weight is 394 g/mol. The first kappa shape index (κ1) is 20.0. The van der Waals surface area contributed by atoms with Crippen molar-refractivity contribution >= 4 is 23.2 Å². The molecule has 0 fully saturated rings. The zero-order valence-electron chi connectivity index (χ0n) is 15.7. The number of nitrogens with one attached hydrogen (secondary N) is 1. The lowest BCUT2D eigenvalue weighted by Gasteiger charge is -2.13. The smallest absolute Gasteiger partial charge is 0.224 e. The quantitative estimate of drug-likeness (QED) is 0.458. The second-order valence-electron chi connectivity index (χ2n) is 6.57. The fourth-order valence-electron chi connectivity index (χ4n) is 2.96. The van der Waals surface area contributed by atoms with Crippen molar-refractivity contribution < 1.29 is 9.53 Å². The number of ether oxygens (including phenoxy) is 1. The fourth-order valence-corrected chi connectivity index (χ4v) is 3.19. The van der Waals surface area contributed by atoms with E-state index in [1.807, 2.05) is 66.7 Å². The van der Waals surface area contributed by atoms with Crippen LogP contribution in [0.1, 0.15) is 24.0 Å². The van der Waals surface area contributed by atoms with E-state index in [9.17, 15) is 4.79 Å². The minimum Gasteiger partial charge on any atom is -0.491 e. The largest absolute Gasteiger partial charge is 0.491 e. The lowest BCUT2D eigenvalue weighted by Crippen LogP contribution is -2.13. The molecular formula is C24H24ClNO2.